The van der Waals surface area contributed by atoms with Crippen molar-refractivity contribution >= 4 is 16.0 Å². The molecule has 19 heavy (non-hydrogen) atoms. The number of sulfonamides is 1. The molecule has 1 fully saturated rings. The van der Waals surface area contributed by atoms with E-state index in [1.165, 1.54) is 12.1 Å². The molecule has 0 bridgehead atoms. The number of hydrogen-bond acceptors (Lipinski definition) is 3. The summed E-state index contributed by atoms with van der Waals surface area (Å²) in [5, 5.41) is 8.61. The summed E-state index contributed by atoms with van der Waals surface area (Å²) in [7, 11) is -3.86. The number of hydrogen-bond donors (Lipinski definition) is 1. The van der Waals surface area contributed by atoms with Crippen LogP contribution in [0.1, 0.15) is 12.0 Å². The van der Waals surface area contributed by atoms with Crippen LogP contribution in [-0.2, 0) is 14.8 Å². The van der Waals surface area contributed by atoms with Gasteiger partial charge in [0.05, 0.1) is 6.42 Å². The van der Waals surface area contributed by atoms with Crippen LogP contribution >= 0.6 is 0 Å². The average Bonchev–Trinajstić information content (AvgIpc) is 2.25. The highest BCUT2D eigenvalue weighted by Crippen LogP contribution is 2.28. The summed E-state index contributed by atoms with van der Waals surface area (Å²) in [6, 6.07) is 3.91. The molecule has 104 valence electrons. The Morgan fingerprint density at radius 1 is 1.47 bits per heavy atom. The Labute approximate surface area is 110 Å². The van der Waals surface area contributed by atoms with Crippen molar-refractivity contribution in [1.29, 1.82) is 0 Å². The van der Waals surface area contributed by atoms with Crippen LogP contribution in [-0.4, -0.2) is 36.9 Å². The number of carboxylic acids is 1. The number of halogens is 1. The summed E-state index contributed by atoms with van der Waals surface area (Å²) in [6.45, 7) is 1.94. The standard InChI is InChI=1S/C12H14FNO4S/c1-8-2-3-10(13)11(4-8)19(17,18)14-6-9(7-14)5-12(15)16/h2-4,9H,5-7H2,1H3,(H,15,16). The maximum Gasteiger partial charge on any atom is 0.303 e. The van der Waals surface area contributed by atoms with Gasteiger partial charge in [-0.05, 0) is 30.5 Å². The van der Waals surface area contributed by atoms with E-state index in [1.54, 1.807) is 6.92 Å². The largest absolute Gasteiger partial charge is 0.481 e. The second-order valence-electron chi connectivity index (χ2n) is 4.72. The van der Waals surface area contributed by atoms with E-state index in [-0.39, 0.29) is 30.3 Å². The summed E-state index contributed by atoms with van der Waals surface area (Å²) in [6.07, 6.45) is -0.0671. The number of rotatable bonds is 4. The lowest BCUT2D eigenvalue weighted by molar-refractivity contribution is -0.139. The molecule has 0 atom stereocenters. The minimum Gasteiger partial charge on any atom is -0.481 e. The van der Waals surface area contributed by atoms with Crippen LogP contribution < -0.4 is 0 Å². The van der Waals surface area contributed by atoms with Gasteiger partial charge in [-0.15, -0.1) is 0 Å². The van der Waals surface area contributed by atoms with Crippen LogP contribution in [0.15, 0.2) is 23.1 Å². The van der Waals surface area contributed by atoms with Gasteiger partial charge in [0.1, 0.15) is 10.7 Å². The third kappa shape index (κ3) is 2.76. The Morgan fingerprint density at radius 2 is 2.11 bits per heavy atom. The van der Waals surface area contributed by atoms with E-state index in [2.05, 4.69) is 0 Å². The van der Waals surface area contributed by atoms with Crippen LogP contribution in [0, 0.1) is 18.7 Å². The van der Waals surface area contributed by atoms with Gasteiger partial charge in [0.15, 0.2) is 0 Å². The van der Waals surface area contributed by atoms with Gasteiger partial charge in [-0.1, -0.05) is 6.07 Å². The number of nitrogens with zero attached hydrogens (tertiary/aromatic N) is 1. The third-order valence-corrected chi connectivity index (χ3v) is 4.94. The number of carboxylic acid groups (broad SMARTS) is 1. The molecule has 1 heterocycles. The van der Waals surface area contributed by atoms with Crippen LogP contribution in [0.5, 0.6) is 0 Å². The average molecular weight is 287 g/mol. The monoisotopic (exact) mass is 287 g/mol. The van der Waals surface area contributed by atoms with Crippen molar-refractivity contribution in [2.24, 2.45) is 5.92 Å². The normalized spacial score (nSPS) is 17.2. The molecule has 2 rings (SSSR count). The zero-order valence-corrected chi connectivity index (χ0v) is 11.2. The molecule has 1 aromatic rings. The Balaban J connectivity index is 2.17. The molecular weight excluding hydrogens is 273 g/mol. The molecule has 5 nitrogen and oxygen atoms in total. The zero-order chi connectivity index (χ0) is 14.2. The van der Waals surface area contributed by atoms with Gasteiger partial charge in [-0.2, -0.15) is 4.31 Å². The van der Waals surface area contributed by atoms with Crippen molar-refractivity contribution in [2.45, 2.75) is 18.2 Å². The second kappa shape index (κ2) is 4.90. The number of aliphatic carboxylic acids is 1. The zero-order valence-electron chi connectivity index (χ0n) is 10.3. The van der Waals surface area contributed by atoms with E-state index in [0.29, 0.717) is 5.56 Å². The van der Waals surface area contributed by atoms with Crippen molar-refractivity contribution in [1.82, 2.24) is 4.31 Å². The first kappa shape index (κ1) is 14.0. The van der Waals surface area contributed by atoms with Crippen molar-refractivity contribution in [2.75, 3.05) is 13.1 Å². The lowest BCUT2D eigenvalue weighted by atomic mass is 10.00. The molecule has 0 spiro atoms. The molecule has 0 amide bonds. The molecule has 0 unspecified atom stereocenters. The van der Waals surface area contributed by atoms with Gasteiger partial charge in [0, 0.05) is 13.1 Å². The van der Waals surface area contributed by atoms with Crippen LogP contribution in [0.3, 0.4) is 0 Å². The molecular formula is C12H14FNO4S. The number of benzene rings is 1. The minimum atomic E-state index is -3.86. The van der Waals surface area contributed by atoms with Crippen molar-refractivity contribution in [3.63, 3.8) is 0 Å². The SMILES string of the molecule is Cc1ccc(F)c(S(=O)(=O)N2CC(CC(=O)O)C2)c1. The van der Waals surface area contributed by atoms with Crippen molar-refractivity contribution < 1.29 is 22.7 Å². The molecule has 0 aromatic heterocycles. The molecule has 1 N–H and O–H groups in total. The molecule has 1 aliphatic rings. The van der Waals surface area contributed by atoms with Gasteiger partial charge in [-0.25, -0.2) is 12.8 Å². The van der Waals surface area contributed by atoms with Gasteiger partial charge in [0.2, 0.25) is 10.0 Å². The van der Waals surface area contributed by atoms with E-state index >= 15 is 0 Å². The summed E-state index contributed by atoms with van der Waals surface area (Å²) in [4.78, 5) is 10.2. The Morgan fingerprint density at radius 3 is 2.68 bits per heavy atom. The Bertz CT molecular complexity index is 608. The molecule has 0 saturated carbocycles. The molecule has 7 heteroatoms. The highest BCUT2D eigenvalue weighted by Gasteiger charge is 2.38. The van der Waals surface area contributed by atoms with Crippen LogP contribution in [0.4, 0.5) is 4.39 Å². The van der Waals surface area contributed by atoms with E-state index in [4.69, 9.17) is 5.11 Å². The van der Waals surface area contributed by atoms with E-state index in [9.17, 15) is 17.6 Å². The van der Waals surface area contributed by atoms with Gasteiger partial charge in [0.25, 0.3) is 0 Å². The second-order valence-corrected chi connectivity index (χ2v) is 6.63. The van der Waals surface area contributed by atoms with Crippen molar-refractivity contribution in [3.8, 4) is 0 Å². The van der Waals surface area contributed by atoms with Crippen molar-refractivity contribution in [3.05, 3.63) is 29.6 Å². The molecule has 1 saturated heterocycles. The maximum atomic E-state index is 13.6. The molecule has 0 radical (unpaired) electrons. The first-order valence-corrected chi connectivity index (χ1v) is 7.23. The molecule has 0 aliphatic carbocycles. The summed E-state index contributed by atoms with van der Waals surface area (Å²) in [5.74, 6) is -1.93. The number of aryl methyl sites for hydroxylation is 1. The van der Waals surface area contributed by atoms with Crippen LogP contribution in [0.25, 0.3) is 0 Å². The Hall–Kier alpha value is -1.47. The predicted octanol–water partition coefficient (Wildman–Crippen LogP) is 1.23. The summed E-state index contributed by atoms with van der Waals surface area (Å²) < 4.78 is 39.0. The fourth-order valence-corrected chi connectivity index (χ4v) is 3.78. The highest BCUT2D eigenvalue weighted by molar-refractivity contribution is 7.89. The fourth-order valence-electron chi connectivity index (χ4n) is 2.04. The van der Waals surface area contributed by atoms with E-state index < -0.39 is 21.8 Å². The smallest absolute Gasteiger partial charge is 0.303 e. The first-order chi connectivity index (χ1) is 8.80. The third-order valence-electron chi connectivity index (χ3n) is 3.09. The van der Waals surface area contributed by atoms with Gasteiger partial charge in [-0.3, -0.25) is 4.79 Å². The lowest BCUT2D eigenvalue weighted by Crippen LogP contribution is -2.50. The van der Waals surface area contributed by atoms with E-state index in [0.717, 1.165) is 10.4 Å². The number of carbonyl (C=O) groups is 1. The highest BCUT2D eigenvalue weighted by atomic mass is 32.2. The Kier molecular flexibility index (Phi) is 3.60. The lowest BCUT2D eigenvalue weighted by Gasteiger charge is -2.37. The fraction of sp³-hybridized carbons (Fsp3) is 0.417. The summed E-state index contributed by atoms with van der Waals surface area (Å²) >= 11 is 0. The van der Waals surface area contributed by atoms with Crippen LogP contribution in [0.2, 0.25) is 0 Å². The topological polar surface area (TPSA) is 74.7 Å². The van der Waals surface area contributed by atoms with E-state index in [1.807, 2.05) is 0 Å². The molecule has 1 aliphatic heterocycles. The maximum absolute atomic E-state index is 13.6. The minimum absolute atomic E-state index is 0.0671. The van der Waals surface area contributed by atoms with Gasteiger partial charge >= 0.3 is 5.97 Å². The quantitative estimate of drug-likeness (QED) is 0.903. The summed E-state index contributed by atoms with van der Waals surface area (Å²) in [5.41, 5.74) is 0.655. The van der Waals surface area contributed by atoms with Gasteiger partial charge < -0.3 is 5.11 Å². The molecule has 1 aromatic carbocycles. The first-order valence-electron chi connectivity index (χ1n) is 5.79. The predicted molar refractivity (Wildman–Crippen MR) is 65.6 cm³/mol.